The van der Waals surface area contributed by atoms with Crippen LogP contribution in [0.5, 0.6) is 0 Å². The van der Waals surface area contributed by atoms with Crippen molar-refractivity contribution in [3.05, 3.63) is 21.7 Å². The van der Waals surface area contributed by atoms with E-state index in [-0.39, 0.29) is 30.3 Å². The third kappa shape index (κ3) is 6.51. The predicted octanol–water partition coefficient (Wildman–Crippen LogP) is 2.51. The molecule has 1 aromatic rings. The molecule has 8 nitrogen and oxygen atoms in total. The lowest BCUT2D eigenvalue weighted by Gasteiger charge is -2.34. The lowest BCUT2D eigenvalue weighted by atomic mass is 9.73. The molecule has 3 rings (SSSR count). The number of Topliss-reactive ketones (excluding diaryl/α,β-unsaturated/α-hetero) is 1. The number of epoxide rings is 1. The number of fused-ring (bicyclic) bond motifs is 1. The molecule has 2 aliphatic rings. The molecule has 0 radical (unpaired) electrons. The smallest absolute Gasteiger partial charge is 0.309 e. The molecule has 0 unspecified atom stereocenters. The number of carbonyl (C=O) groups excluding carboxylic acids is 2. The number of aliphatic hydroxyl groups is 2. The van der Waals surface area contributed by atoms with Crippen molar-refractivity contribution in [2.45, 2.75) is 84.9 Å². The van der Waals surface area contributed by atoms with Crippen molar-refractivity contribution < 1.29 is 29.3 Å². The first-order chi connectivity index (χ1) is 15.9. The molecule has 0 saturated carbocycles. The van der Waals surface area contributed by atoms with Gasteiger partial charge in [0, 0.05) is 30.8 Å². The number of hydrogen-bond acceptors (Lipinski definition) is 9. The fraction of sp³-hybridized carbons (Fsp3) is 0.720. The molecule has 0 spiro atoms. The van der Waals surface area contributed by atoms with E-state index >= 15 is 0 Å². The molecule has 3 heterocycles. The van der Waals surface area contributed by atoms with E-state index in [0.29, 0.717) is 19.5 Å². The number of carbonyl (C=O) groups is 2. The van der Waals surface area contributed by atoms with Crippen LogP contribution in [-0.2, 0) is 19.1 Å². The first-order valence-corrected chi connectivity index (χ1v) is 12.8. The van der Waals surface area contributed by atoms with Crippen molar-refractivity contribution in [2.75, 3.05) is 13.1 Å². The largest absolute Gasteiger partial charge is 0.458 e. The van der Waals surface area contributed by atoms with Gasteiger partial charge < -0.3 is 25.0 Å². The standard InChI is InChI=1S/C25H38N2O6S/c1-13(7-17-12-34-16(4)27-17)18-8-19-20(32-19)11-26-10-14(2)23(30)15(3)24(31)25(5,6)21(28)9-22(29)33-18/h7,12,14-15,18-21,23,26,28,30H,8-11H2,1-6H3/t14-,15+,18-,19-,20-,21-,23-/m0/s1. The molecule has 2 fully saturated rings. The quantitative estimate of drug-likeness (QED) is 0.424. The number of ketones is 1. The second-order valence-corrected chi connectivity index (χ2v) is 11.4. The summed E-state index contributed by atoms with van der Waals surface area (Å²) in [6.45, 7) is 11.8. The molecule has 2 saturated heterocycles. The number of esters is 1. The van der Waals surface area contributed by atoms with Gasteiger partial charge in [0.15, 0.2) is 0 Å². The summed E-state index contributed by atoms with van der Waals surface area (Å²) in [4.78, 5) is 30.4. The van der Waals surface area contributed by atoms with Crippen molar-refractivity contribution in [1.29, 1.82) is 0 Å². The van der Waals surface area contributed by atoms with E-state index in [4.69, 9.17) is 9.47 Å². The van der Waals surface area contributed by atoms with E-state index in [1.807, 2.05) is 32.2 Å². The number of aryl methyl sites for hydroxylation is 1. The monoisotopic (exact) mass is 494 g/mol. The zero-order chi connectivity index (χ0) is 25.2. The molecule has 9 heteroatoms. The first kappa shape index (κ1) is 26.9. The fourth-order valence-corrected chi connectivity index (χ4v) is 5.04. The van der Waals surface area contributed by atoms with E-state index in [9.17, 15) is 19.8 Å². The lowest BCUT2D eigenvalue weighted by molar-refractivity contribution is -0.154. The van der Waals surface area contributed by atoms with Crippen molar-refractivity contribution in [1.82, 2.24) is 10.3 Å². The van der Waals surface area contributed by atoms with Gasteiger partial charge in [0.2, 0.25) is 0 Å². The van der Waals surface area contributed by atoms with Crippen molar-refractivity contribution in [2.24, 2.45) is 17.3 Å². The van der Waals surface area contributed by atoms with Gasteiger partial charge in [-0.25, -0.2) is 4.98 Å². The van der Waals surface area contributed by atoms with Gasteiger partial charge in [0.05, 0.1) is 47.0 Å². The number of ether oxygens (including phenoxy) is 2. The maximum Gasteiger partial charge on any atom is 0.309 e. The van der Waals surface area contributed by atoms with Crippen molar-refractivity contribution in [3.8, 4) is 0 Å². The fourth-order valence-electron chi connectivity index (χ4n) is 4.47. The van der Waals surface area contributed by atoms with E-state index in [1.54, 1.807) is 32.1 Å². The molecular formula is C25H38N2O6S. The van der Waals surface area contributed by atoms with Gasteiger partial charge in [0.1, 0.15) is 11.9 Å². The van der Waals surface area contributed by atoms with Crippen LogP contribution in [0.1, 0.15) is 58.2 Å². The van der Waals surface area contributed by atoms with Crippen LogP contribution in [0.25, 0.3) is 6.08 Å². The van der Waals surface area contributed by atoms with Gasteiger partial charge in [-0.05, 0) is 31.4 Å². The second-order valence-electron chi connectivity index (χ2n) is 10.3. The number of hydrogen-bond donors (Lipinski definition) is 3. The van der Waals surface area contributed by atoms with Crippen LogP contribution in [0.15, 0.2) is 11.0 Å². The molecule has 0 bridgehead atoms. The number of nitrogens with zero attached hydrogens (tertiary/aromatic N) is 1. The molecule has 0 aromatic carbocycles. The lowest BCUT2D eigenvalue weighted by Crippen LogP contribution is -2.47. The summed E-state index contributed by atoms with van der Waals surface area (Å²) < 4.78 is 11.6. The summed E-state index contributed by atoms with van der Waals surface area (Å²) in [5.41, 5.74) is 0.441. The summed E-state index contributed by atoms with van der Waals surface area (Å²) in [6.07, 6.45) is -0.595. The molecule has 0 amide bonds. The topological polar surface area (TPSA) is 121 Å². The minimum absolute atomic E-state index is 0.00338. The van der Waals surface area contributed by atoms with Crippen LogP contribution >= 0.6 is 11.3 Å². The van der Waals surface area contributed by atoms with Gasteiger partial charge in [-0.15, -0.1) is 11.3 Å². The number of nitrogens with one attached hydrogen (secondary N) is 1. The second kappa shape index (κ2) is 11.0. The summed E-state index contributed by atoms with van der Waals surface area (Å²) >= 11 is 1.55. The third-order valence-corrected chi connectivity index (χ3v) is 7.87. The van der Waals surface area contributed by atoms with Crippen molar-refractivity contribution >= 4 is 29.2 Å². The van der Waals surface area contributed by atoms with Gasteiger partial charge in [-0.2, -0.15) is 0 Å². The molecule has 7 atom stereocenters. The van der Waals surface area contributed by atoms with Crippen LogP contribution in [0.4, 0.5) is 0 Å². The predicted molar refractivity (Wildman–Crippen MR) is 130 cm³/mol. The highest BCUT2D eigenvalue weighted by Crippen LogP contribution is 2.33. The Kier molecular flexibility index (Phi) is 8.68. The van der Waals surface area contributed by atoms with E-state index in [0.717, 1.165) is 16.3 Å². The highest BCUT2D eigenvalue weighted by Gasteiger charge is 2.44. The minimum Gasteiger partial charge on any atom is -0.458 e. The zero-order valence-electron chi connectivity index (χ0n) is 20.9. The van der Waals surface area contributed by atoms with Crippen LogP contribution in [0, 0.1) is 24.2 Å². The first-order valence-electron chi connectivity index (χ1n) is 12.0. The number of cyclic esters (lactones) is 1. The SMILES string of the molecule is CC(=Cc1csc(C)n1)[C@@H]1C[C@@H]2O[C@H]2CNC[C@H](C)[C@H](O)[C@@H](C)C(=O)C(C)(C)[C@@H](O)CC(=O)O1. The maximum absolute atomic E-state index is 13.1. The average Bonchev–Trinajstić information content (AvgIpc) is 3.38. The van der Waals surface area contributed by atoms with Crippen LogP contribution in [0.2, 0.25) is 0 Å². The molecular weight excluding hydrogens is 456 g/mol. The van der Waals surface area contributed by atoms with Crippen LogP contribution in [0.3, 0.4) is 0 Å². The van der Waals surface area contributed by atoms with E-state index in [2.05, 4.69) is 10.3 Å². The van der Waals surface area contributed by atoms with Crippen LogP contribution < -0.4 is 5.32 Å². The molecule has 190 valence electrons. The number of thiazole rings is 1. The van der Waals surface area contributed by atoms with Crippen molar-refractivity contribution in [3.63, 3.8) is 0 Å². The summed E-state index contributed by atoms with van der Waals surface area (Å²) in [7, 11) is 0. The normalized spacial score (nSPS) is 36.0. The Morgan fingerprint density at radius 2 is 1.94 bits per heavy atom. The Balaban J connectivity index is 1.81. The average molecular weight is 495 g/mol. The van der Waals surface area contributed by atoms with E-state index < -0.39 is 35.6 Å². The number of rotatable bonds is 2. The summed E-state index contributed by atoms with van der Waals surface area (Å²) in [5, 5.41) is 27.8. The Morgan fingerprint density at radius 3 is 2.59 bits per heavy atom. The van der Waals surface area contributed by atoms with Crippen LogP contribution in [-0.4, -0.2) is 70.6 Å². The Hall–Kier alpha value is -1.65. The minimum atomic E-state index is -1.24. The molecule has 0 aliphatic carbocycles. The highest BCUT2D eigenvalue weighted by molar-refractivity contribution is 7.09. The van der Waals surface area contributed by atoms with E-state index in [1.165, 1.54) is 0 Å². The summed E-state index contributed by atoms with van der Waals surface area (Å²) in [6, 6.07) is 0. The number of aliphatic hydroxyl groups excluding tert-OH is 2. The summed E-state index contributed by atoms with van der Waals surface area (Å²) in [5.74, 6) is -1.71. The third-order valence-electron chi connectivity index (χ3n) is 7.08. The molecule has 2 aliphatic heterocycles. The Labute approximate surface area is 205 Å². The number of aromatic nitrogens is 1. The highest BCUT2D eigenvalue weighted by atomic mass is 32.1. The zero-order valence-corrected chi connectivity index (χ0v) is 21.7. The van der Waals surface area contributed by atoms with Gasteiger partial charge in [-0.3, -0.25) is 9.59 Å². The Morgan fingerprint density at radius 1 is 1.24 bits per heavy atom. The Bertz CT molecular complexity index is 913. The molecule has 3 N–H and O–H groups in total. The van der Waals surface area contributed by atoms with Gasteiger partial charge in [-0.1, -0.05) is 27.7 Å². The van der Waals surface area contributed by atoms with Gasteiger partial charge in [0.25, 0.3) is 0 Å². The van der Waals surface area contributed by atoms with Gasteiger partial charge >= 0.3 is 5.97 Å². The maximum atomic E-state index is 13.1. The molecule has 1 aromatic heterocycles. The molecule has 34 heavy (non-hydrogen) atoms.